The Bertz CT molecular complexity index is 3220. The maximum Gasteiger partial charge on any atom is 0.148 e. The van der Waals surface area contributed by atoms with Crippen LogP contribution in [0.4, 0.5) is 0 Å². The molecule has 310 valence electrons. The van der Waals surface area contributed by atoms with Gasteiger partial charge in [0.15, 0.2) is 0 Å². The molecule has 9 rings (SSSR count). The summed E-state index contributed by atoms with van der Waals surface area (Å²) >= 11 is 0. The van der Waals surface area contributed by atoms with Crippen LogP contribution < -0.4 is 0 Å². The van der Waals surface area contributed by atoms with E-state index in [1.165, 1.54) is 0 Å². The number of para-hydroxylation sites is 1. The maximum atomic E-state index is 12.0. The van der Waals surface area contributed by atoms with E-state index in [-0.39, 0.29) is 37.8 Å². The van der Waals surface area contributed by atoms with Crippen molar-refractivity contribution in [3.8, 4) is 78.6 Å². The Morgan fingerprint density at radius 2 is 1.35 bits per heavy atom. The number of imidazole rings is 1. The van der Waals surface area contributed by atoms with Gasteiger partial charge < -0.3 is 5.11 Å². The number of rotatable bonds is 8. The molecule has 9 aromatic rings. The van der Waals surface area contributed by atoms with Gasteiger partial charge in [-0.1, -0.05) is 172 Å². The molecule has 0 aliphatic rings. The fraction of sp³-hybridized carbons (Fsp3) is 0.158. The summed E-state index contributed by atoms with van der Waals surface area (Å²) < 4.78 is 35.6. The average Bonchev–Trinajstić information content (AvgIpc) is 3.68. The van der Waals surface area contributed by atoms with Gasteiger partial charge in [-0.3, -0.25) is 9.55 Å². The third-order valence-electron chi connectivity index (χ3n) is 11.5. The topological polar surface area (TPSA) is 50.9 Å². The van der Waals surface area contributed by atoms with E-state index < -0.39 is 12.7 Å². The number of aromatic nitrogens is 3. The minimum Gasteiger partial charge on any atom is -0.507 e. The molecule has 0 fully saturated rings. The molecule has 0 bridgehead atoms. The smallest absolute Gasteiger partial charge is 0.148 e. The number of fused-ring (bicyclic) bond motifs is 1. The number of benzene rings is 7. The second-order valence-corrected chi connectivity index (χ2v) is 17.1. The van der Waals surface area contributed by atoms with Crippen LogP contribution in [0.5, 0.6) is 5.75 Å². The van der Waals surface area contributed by atoms with Crippen LogP contribution in [0.1, 0.15) is 68.2 Å². The molecule has 4 nitrogen and oxygen atoms in total. The molecule has 7 aromatic carbocycles. The molecule has 0 saturated heterocycles. The Morgan fingerprint density at radius 1 is 0.661 bits per heavy atom. The van der Waals surface area contributed by atoms with Gasteiger partial charge in [0, 0.05) is 44.0 Å². The predicted molar refractivity (Wildman–Crippen MR) is 254 cm³/mol. The Morgan fingerprint density at radius 3 is 2.05 bits per heavy atom. The van der Waals surface area contributed by atoms with E-state index in [1.54, 1.807) is 12.1 Å². The van der Waals surface area contributed by atoms with E-state index in [9.17, 15) is 5.11 Å². The van der Waals surface area contributed by atoms with Crippen molar-refractivity contribution in [2.75, 3.05) is 0 Å². The SMILES string of the molecule is [2H]C([2H])([2H])c1ccc(-n2c(-c3cc(C(C)(C)C)cc(C)c3O)nc3c(-c4[c-]c(-c5cc(-c6ccc(C([2H])(C)C)cc6)ccn5)cc(-c5ccccc5)c4)cccc32)c(-c2ccccc2)c1.[Pt]. The number of phenols is 1. The summed E-state index contributed by atoms with van der Waals surface area (Å²) in [7, 11) is 0. The first-order valence-electron chi connectivity index (χ1n) is 22.7. The van der Waals surface area contributed by atoms with Crippen LogP contribution in [-0.4, -0.2) is 19.6 Å². The van der Waals surface area contributed by atoms with Crippen molar-refractivity contribution in [2.45, 2.75) is 59.7 Å². The Kier molecular flexibility index (Phi) is 10.4. The molecule has 5 heteroatoms. The van der Waals surface area contributed by atoms with Crippen molar-refractivity contribution < 1.29 is 31.7 Å². The normalized spacial score (nSPS) is 12.9. The van der Waals surface area contributed by atoms with Crippen LogP contribution >= 0.6 is 0 Å². The van der Waals surface area contributed by atoms with Gasteiger partial charge in [-0.05, 0) is 94.4 Å². The monoisotopic (exact) mass is 991 g/mol. The standard InChI is InChI=1S/C57H50N3O.Pt/c1-36(2)39-22-24-41(25-23-39)43-27-28-58-51(34-43)46-32-44(40-15-10-8-11-16-40)31-45(33-46)48-19-14-20-53-54(48)59-56(50-35-47(57(5,6)7)30-38(4)55(50)61)60(53)52-26-21-37(3)29-49(52)42-17-12-9-13-18-42;/h8-32,34-36,61H,1-7H3;/q-1;/i3D3,36D;. The molecule has 1 N–H and O–H groups in total. The van der Waals surface area contributed by atoms with Gasteiger partial charge in [-0.15, -0.1) is 23.8 Å². The zero-order valence-corrected chi connectivity index (χ0v) is 38.0. The number of aromatic hydroxyl groups is 1. The fourth-order valence-electron chi connectivity index (χ4n) is 8.11. The van der Waals surface area contributed by atoms with Gasteiger partial charge in [-0.25, -0.2) is 4.98 Å². The number of phenolic OH excluding ortho intramolecular Hbond substituents is 1. The maximum absolute atomic E-state index is 12.0. The van der Waals surface area contributed by atoms with Crippen molar-refractivity contribution in [1.82, 2.24) is 14.5 Å². The van der Waals surface area contributed by atoms with E-state index in [1.807, 2.05) is 124 Å². The zero-order chi connectivity index (χ0) is 45.8. The van der Waals surface area contributed by atoms with Gasteiger partial charge in [0.05, 0.1) is 22.3 Å². The first kappa shape index (κ1) is 37.4. The van der Waals surface area contributed by atoms with Crippen LogP contribution in [0.2, 0.25) is 0 Å². The van der Waals surface area contributed by atoms with Crippen molar-refractivity contribution >= 4 is 11.0 Å². The van der Waals surface area contributed by atoms with Crippen molar-refractivity contribution in [3.63, 3.8) is 0 Å². The molecule has 62 heavy (non-hydrogen) atoms. The van der Waals surface area contributed by atoms with E-state index in [4.69, 9.17) is 15.5 Å². The Labute approximate surface area is 385 Å². The number of aryl methyl sites for hydroxylation is 2. The minimum atomic E-state index is -2.33. The second-order valence-electron chi connectivity index (χ2n) is 17.1. The molecular formula is C57H50N3OPt-. The molecule has 0 unspecified atom stereocenters. The first-order valence-corrected chi connectivity index (χ1v) is 20.7. The average molecular weight is 992 g/mol. The molecular weight excluding hydrogens is 938 g/mol. The number of nitrogens with zero attached hydrogens (tertiary/aromatic N) is 3. The van der Waals surface area contributed by atoms with Crippen molar-refractivity contribution in [1.29, 1.82) is 0 Å². The molecule has 0 atom stereocenters. The molecule has 0 radical (unpaired) electrons. The van der Waals surface area contributed by atoms with Gasteiger partial charge in [-0.2, -0.15) is 0 Å². The Balaban J connectivity index is 0.00000592. The van der Waals surface area contributed by atoms with Gasteiger partial charge >= 0.3 is 0 Å². The minimum absolute atomic E-state index is 0. The number of pyridine rings is 1. The van der Waals surface area contributed by atoms with Crippen molar-refractivity contribution in [3.05, 3.63) is 192 Å². The van der Waals surface area contributed by atoms with Crippen LogP contribution in [-0.2, 0) is 26.5 Å². The van der Waals surface area contributed by atoms with E-state index in [0.29, 0.717) is 16.9 Å². The molecule has 0 aliphatic carbocycles. The summed E-state index contributed by atoms with van der Waals surface area (Å²) in [5.74, 6) is -0.0541. The largest absolute Gasteiger partial charge is 0.507 e. The van der Waals surface area contributed by atoms with Gasteiger partial charge in [0.25, 0.3) is 0 Å². The molecule has 0 saturated carbocycles. The predicted octanol–water partition coefficient (Wildman–Crippen LogP) is 15.0. The quantitative estimate of drug-likeness (QED) is 0.154. The number of hydrogen-bond acceptors (Lipinski definition) is 3. The summed E-state index contributed by atoms with van der Waals surface area (Å²) in [5.41, 5.74) is 14.3. The fourth-order valence-corrected chi connectivity index (χ4v) is 8.11. The second kappa shape index (κ2) is 17.2. The molecule has 0 spiro atoms. The Hall–Kier alpha value is -6.35. The van der Waals surface area contributed by atoms with Crippen molar-refractivity contribution in [2.24, 2.45) is 0 Å². The van der Waals surface area contributed by atoms with Crippen LogP contribution in [0, 0.1) is 19.8 Å². The third kappa shape index (κ3) is 8.20. The van der Waals surface area contributed by atoms with E-state index >= 15 is 0 Å². The van der Waals surface area contributed by atoms with Gasteiger partial charge in [0.1, 0.15) is 11.6 Å². The van der Waals surface area contributed by atoms with E-state index in [0.717, 1.165) is 83.7 Å². The molecule has 2 heterocycles. The first-order chi connectivity index (χ1) is 30.9. The van der Waals surface area contributed by atoms with Crippen LogP contribution in [0.15, 0.2) is 164 Å². The zero-order valence-electron chi connectivity index (χ0n) is 39.7. The molecule has 0 amide bonds. The summed E-state index contributed by atoms with van der Waals surface area (Å²) in [6, 6.07) is 55.7. The van der Waals surface area contributed by atoms with Crippen LogP contribution in [0.25, 0.3) is 83.9 Å². The third-order valence-corrected chi connectivity index (χ3v) is 11.5. The van der Waals surface area contributed by atoms with Gasteiger partial charge in [0.2, 0.25) is 0 Å². The summed E-state index contributed by atoms with van der Waals surface area (Å²) in [5, 5.41) is 12.0. The molecule has 0 aliphatic heterocycles. The van der Waals surface area contributed by atoms with Crippen LogP contribution in [0.3, 0.4) is 0 Å². The molecule has 2 aromatic heterocycles. The summed E-state index contributed by atoms with van der Waals surface area (Å²) in [6.07, 6.45) is 1.83. The summed E-state index contributed by atoms with van der Waals surface area (Å²) in [4.78, 5) is 10.4. The summed E-state index contributed by atoms with van der Waals surface area (Å²) in [6.45, 7) is 9.81. The van der Waals surface area contributed by atoms with E-state index in [2.05, 4.69) is 79.9 Å². The number of hydrogen-bond donors (Lipinski definition) is 1.